The van der Waals surface area contributed by atoms with E-state index in [0.717, 1.165) is 24.6 Å². The molecule has 1 atom stereocenters. The molecule has 1 fully saturated rings. The van der Waals surface area contributed by atoms with Crippen molar-refractivity contribution in [2.24, 2.45) is 5.92 Å². The van der Waals surface area contributed by atoms with E-state index in [2.05, 4.69) is 20.6 Å². The van der Waals surface area contributed by atoms with E-state index in [1.54, 1.807) is 6.07 Å². The summed E-state index contributed by atoms with van der Waals surface area (Å²) in [6.45, 7) is 3.85. The van der Waals surface area contributed by atoms with E-state index in [0.29, 0.717) is 17.7 Å². The molecule has 1 aromatic carbocycles. The van der Waals surface area contributed by atoms with Crippen molar-refractivity contribution in [1.29, 1.82) is 0 Å². The van der Waals surface area contributed by atoms with E-state index in [9.17, 15) is 18.3 Å². The number of hydrogen-bond donors (Lipinski definition) is 3. The van der Waals surface area contributed by atoms with Crippen LogP contribution >= 0.6 is 0 Å². The maximum atomic E-state index is 13.3. The lowest BCUT2D eigenvalue weighted by Crippen LogP contribution is -2.30. The van der Waals surface area contributed by atoms with Crippen LogP contribution in [0.3, 0.4) is 0 Å². The van der Waals surface area contributed by atoms with E-state index < -0.39 is 11.7 Å². The second-order valence-electron chi connectivity index (χ2n) is 7.49. The molecule has 3 N–H and O–H groups in total. The second-order valence-corrected chi connectivity index (χ2v) is 7.49. The van der Waals surface area contributed by atoms with Crippen LogP contribution in [0.25, 0.3) is 0 Å². The van der Waals surface area contributed by atoms with Gasteiger partial charge in [0.15, 0.2) is 0 Å². The Balaban J connectivity index is 1.90. The number of halogens is 3. The first-order valence-corrected chi connectivity index (χ1v) is 9.50. The molecule has 0 radical (unpaired) electrons. The van der Waals surface area contributed by atoms with Gasteiger partial charge in [0.1, 0.15) is 11.6 Å². The summed E-state index contributed by atoms with van der Waals surface area (Å²) in [6.07, 6.45) is -2.50. The number of aliphatic hydroxyl groups excluding tert-OH is 1. The Hall–Kier alpha value is -2.55. The summed E-state index contributed by atoms with van der Waals surface area (Å²) in [5, 5.41) is 15.6. The van der Waals surface area contributed by atoms with Gasteiger partial charge in [0.05, 0.1) is 31.0 Å². The number of methoxy groups -OCH3 is 1. The van der Waals surface area contributed by atoms with Crippen LogP contribution in [0.4, 0.5) is 30.6 Å². The number of aliphatic hydroxyl groups is 1. The normalized spacial score (nSPS) is 15.3. The van der Waals surface area contributed by atoms with Crippen LogP contribution in [0.1, 0.15) is 43.9 Å². The lowest BCUT2D eigenvalue weighted by Gasteiger charge is -2.21. The lowest BCUT2D eigenvalue weighted by atomic mass is 10.1. The van der Waals surface area contributed by atoms with E-state index in [1.165, 1.54) is 19.2 Å². The minimum atomic E-state index is -4.54. The molecule has 0 spiro atoms. The average molecular weight is 410 g/mol. The van der Waals surface area contributed by atoms with Crippen molar-refractivity contribution in [2.45, 2.75) is 44.8 Å². The van der Waals surface area contributed by atoms with Gasteiger partial charge in [-0.3, -0.25) is 0 Å². The molecule has 1 saturated carbocycles. The Morgan fingerprint density at radius 3 is 2.48 bits per heavy atom. The number of anilines is 3. The number of nitrogens with zero attached hydrogens (tertiary/aromatic N) is 2. The van der Waals surface area contributed by atoms with E-state index in [1.807, 2.05) is 13.8 Å². The number of aromatic nitrogens is 2. The third kappa shape index (κ3) is 5.29. The molecule has 0 amide bonds. The smallest absolute Gasteiger partial charge is 0.420 e. The van der Waals surface area contributed by atoms with Gasteiger partial charge in [0, 0.05) is 17.7 Å². The number of alkyl halides is 3. The fraction of sp³-hybridized carbons (Fsp3) is 0.500. The molecule has 158 valence electrons. The van der Waals surface area contributed by atoms with Crippen molar-refractivity contribution >= 4 is 17.5 Å². The molecule has 1 aliphatic rings. The first-order valence-electron chi connectivity index (χ1n) is 9.50. The van der Waals surface area contributed by atoms with Crippen LogP contribution in [-0.2, 0) is 6.18 Å². The fourth-order valence-corrected chi connectivity index (χ4v) is 2.93. The number of benzene rings is 1. The van der Waals surface area contributed by atoms with Gasteiger partial charge in [-0.25, -0.2) is 4.98 Å². The molecule has 1 heterocycles. The highest BCUT2D eigenvalue weighted by Crippen LogP contribution is 2.41. The highest BCUT2D eigenvalue weighted by Gasteiger charge is 2.34. The van der Waals surface area contributed by atoms with E-state index >= 15 is 0 Å². The molecule has 6 nitrogen and oxygen atoms in total. The van der Waals surface area contributed by atoms with Crippen molar-refractivity contribution in [2.75, 3.05) is 24.4 Å². The molecule has 29 heavy (non-hydrogen) atoms. The van der Waals surface area contributed by atoms with Crippen molar-refractivity contribution in [3.63, 3.8) is 0 Å². The molecular weight excluding hydrogens is 385 g/mol. The summed E-state index contributed by atoms with van der Waals surface area (Å²) in [5.41, 5.74) is 0.210. The quantitative estimate of drug-likeness (QED) is 0.592. The van der Waals surface area contributed by atoms with Gasteiger partial charge in [0.25, 0.3) is 0 Å². The van der Waals surface area contributed by atoms with Crippen LogP contribution in [0, 0.1) is 5.92 Å². The first kappa shape index (κ1) is 21.2. The highest BCUT2D eigenvalue weighted by atomic mass is 19.4. The molecule has 9 heteroatoms. The number of rotatable bonds is 8. The van der Waals surface area contributed by atoms with Crippen LogP contribution in [0.15, 0.2) is 24.3 Å². The van der Waals surface area contributed by atoms with Gasteiger partial charge >= 0.3 is 6.18 Å². The Morgan fingerprint density at radius 2 is 1.93 bits per heavy atom. The van der Waals surface area contributed by atoms with Crippen LogP contribution in [0.5, 0.6) is 5.75 Å². The molecule has 0 saturated heterocycles. The summed E-state index contributed by atoms with van der Waals surface area (Å²) >= 11 is 0. The molecule has 3 rings (SSSR count). The molecule has 2 aromatic rings. The summed E-state index contributed by atoms with van der Waals surface area (Å²) in [7, 11) is 1.20. The zero-order chi connectivity index (χ0) is 21.2. The maximum absolute atomic E-state index is 13.3. The topological polar surface area (TPSA) is 79.3 Å². The Morgan fingerprint density at radius 1 is 1.21 bits per heavy atom. The average Bonchev–Trinajstić information content (AvgIpc) is 3.50. The van der Waals surface area contributed by atoms with Crippen LogP contribution in [0.2, 0.25) is 0 Å². The monoisotopic (exact) mass is 410 g/mol. The van der Waals surface area contributed by atoms with Crippen molar-refractivity contribution < 1.29 is 23.0 Å². The summed E-state index contributed by atoms with van der Waals surface area (Å²) in [4.78, 5) is 8.90. The van der Waals surface area contributed by atoms with Gasteiger partial charge in [0.2, 0.25) is 5.95 Å². The summed E-state index contributed by atoms with van der Waals surface area (Å²) in [6, 6.07) is 5.30. The second kappa shape index (κ2) is 8.44. The Kier molecular flexibility index (Phi) is 6.16. The molecule has 1 aliphatic carbocycles. The van der Waals surface area contributed by atoms with Crippen molar-refractivity contribution in [3.8, 4) is 5.75 Å². The zero-order valence-corrected chi connectivity index (χ0v) is 16.5. The number of ether oxygens (including phenoxy) is 1. The fourth-order valence-electron chi connectivity index (χ4n) is 2.93. The predicted molar refractivity (Wildman–Crippen MR) is 105 cm³/mol. The van der Waals surface area contributed by atoms with Gasteiger partial charge < -0.3 is 20.5 Å². The Bertz CT molecular complexity index is 854. The summed E-state index contributed by atoms with van der Waals surface area (Å²) < 4.78 is 44.7. The molecular formula is C20H25F3N4O2. The lowest BCUT2D eigenvalue weighted by molar-refractivity contribution is -0.138. The van der Waals surface area contributed by atoms with Crippen LogP contribution < -0.4 is 15.4 Å². The molecule has 0 bridgehead atoms. The third-order valence-corrected chi connectivity index (χ3v) is 4.83. The molecule has 1 aromatic heterocycles. The van der Waals surface area contributed by atoms with Gasteiger partial charge in [-0.05, 0) is 37.0 Å². The molecule has 0 unspecified atom stereocenters. The maximum Gasteiger partial charge on any atom is 0.420 e. The first-order chi connectivity index (χ1) is 13.7. The zero-order valence-electron chi connectivity index (χ0n) is 16.5. The minimum Gasteiger partial charge on any atom is -0.496 e. The minimum absolute atomic E-state index is 0.0785. The van der Waals surface area contributed by atoms with E-state index in [-0.39, 0.29) is 30.0 Å². The Labute approximate surface area is 167 Å². The van der Waals surface area contributed by atoms with Gasteiger partial charge in [-0.15, -0.1) is 0 Å². The van der Waals surface area contributed by atoms with Crippen molar-refractivity contribution in [3.05, 3.63) is 35.5 Å². The highest BCUT2D eigenvalue weighted by molar-refractivity contribution is 5.61. The van der Waals surface area contributed by atoms with Crippen molar-refractivity contribution in [1.82, 2.24) is 9.97 Å². The third-order valence-electron chi connectivity index (χ3n) is 4.83. The predicted octanol–water partition coefficient (Wildman–Crippen LogP) is 4.55. The largest absolute Gasteiger partial charge is 0.496 e. The van der Waals surface area contributed by atoms with E-state index in [4.69, 9.17) is 4.74 Å². The standard InChI is InChI=1S/C20H25F3N4O2/c1-11(2)16(10-28)26-19-25-15(12-4-5-12)9-18(27-19)24-13-6-7-17(29-3)14(8-13)20(21,22)23/h6-9,11-12,16,28H,4-5,10H2,1-3H3,(H2,24,25,26,27)/t16-/m0/s1. The summed E-state index contributed by atoms with van der Waals surface area (Å²) in [5.74, 6) is 0.972. The number of hydrogen-bond acceptors (Lipinski definition) is 6. The molecule has 0 aliphatic heterocycles. The van der Waals surface area contributed by atoms with Gasteiger partial charge in [-0.1, -0.05) is 13.8 Å². The van der Waals surface area contributed by atoms with Gasteiger partial charge in [-0.2, -0.15) is 18.2 Å². The SMILES string of the molecule is COc1ccc(Nc2cc(C3CC3)nc(N[C@@H](CO)C(C)C)n2)cc1C(F)(F)F. The number of nitrogens with one attached hydrogen (secondary N) is 2. The van der Waals surface area contributed by atoms with Crippen LogP contribution in [-0.4, -0.2) is 34.8 Å².